The maximum atomic E-state index is 13.0. The van der Waals surface area contributed by atoms with E-state index in [1.54, 1.807) is 0 Å². The van der Waals surface area contributed by atoms with Gasteiger partial charge in [-0.2, -0.15) is 0 Å². The van der Waals surface area contributed by atoms with E-state index < -0.39 is 0 Å². The molecule has 0 saturated carbocycles. The van der Waals surface area contributed by atoms with Gasteiger partial charge >= 0.3 is 0 Å². The van der Waals surface area contributed by atoms with Gasteiger partial charge in [0.25, 0.3) is 0 Å². The fraction of sp³-hybridized carbons (Fsp3) is 0.435. The van der Waals surface area contributed by atoms with E-state index >= 15 is 0 Å². The highest BCUT2D eigenvalue weighted by Crippen LogP contribution is 2.34. The summed E-state index contributed by atoms with van der Waals surface area (Å²) in [5.74, 6) is 0.862. The summed E-state index contributed by atoms with van der Waals surface area (Å²) in [5, 5.41) is 0. The lowest BCUT2D eigenvalue weighted by molar-refractivity contribution is 0.112. The second kappa shape index (κ2) is 8.59. The number of piperidine rings is 1. The topological polar surface area (TPSA) is 20.3 Å². The maximum absolute atomic E-state index is 13.0. The first kappa shape index (κ1) is 18.8. The summed E-state index contributed by atoms with van der Waals surface area (Å²) in [7, 11) is 0. The van der Waals surface area contributed by atoms with E-state index in [2.05, 4.69) is 24.0 Å². The molecule has 1 aliphatic rings. The van der Waals surface area contributed by atoms with Crippen LogP contribution >= 0.6 is 0 Å². The summed E-state index contributed by atoms with van der Waals surface area (Å²) in [6.07, 6.45) is 4.31. The minimum Gasteiger partial charge on any atom is -0.303 e. The molecule has 1 atom stereocenters. The number of aldehydes is 1. The minimum absolute atomic E-state index is 0.172. The molecule has 0 amide bonds. The van der Waals surface area contributed by atoms with Gasteiger partial charge in [0.15, 0.2) is 6.29 Å². The number of hydrogen-bond acceptors (Lipinski definition) is 2. The van der Waals surface area contributed by atoms with Crippen LogP contribution in [0.5, 0.6) is 0 Å². The van der Waals surface area contributed by atoms with Crippen molar-refractivity contribution in [1.82, 2.24) is 4.90 Å². The number of carbonyl (C=O) groups is 1. The molecule has 1 heterocycles. The molecule has 1 fully saturated rings. The predicted octanol–water partition coefficient (Wildman–Crippen LogP) is 5.00. The van der Waals surface area contributed by atoms with Crippen LogP contribution in [0, 0.1) is 18.7 Å². The van der Waals surface area contributed by atoms with E-state index in [4.69, 9.17) is 0 Å². The largest absolute Gasteiger partial charge is 0.303 e. The molecule has 1 unspecified atom stereocenters. The SMILES string of the molecule is Cc1cccc(C(C)C2CCN(CCc3ccc(F)cc3)CC2)c1C=O. The summed E-state index contributed by atoms with van der Waals surface area (Å²) >= 11 is 0. The van der Waals surface area contributed by atoms with Crippen LogP contribution in [-0.4, -0.2) is 30.8 Å². The Morgan fingerprint density at radius 2 is 1.85 bits per heavy atom. The van der Waals surface area contributed by atoms with Crippen molar-refractivity contribution in [3.05, 3.63) is 70.5 Å². The first-order valence-electron chi connectivity index (χ1n) is 9.60. The van der Waals surface area contributed by atoms with Crippen molar-refractivity contribution in [1.29, 1.82) is 0 Å². The Labute approximate surface area is 156 Å². The molecule has 0 spiro atoms. The summed E-state index contributed by atoms with van der Waals surface area (Å²) in [4.78, 5) is 14.0. The Balaban J connectivity index is 1.54. The van der Waals surface area contributed by atoms with Gasteiger partial charge in [-0.05, 0) is 79.9 Å². The average molecular weight is 353 g/mol. The molecule has 3 heteroatoms. The average Bonchev–Trinajstić information content (AvgIpc) is 2.67. The van der Waals surface area contributed by atoms with Crippen LogP contribution in [0.25, 0.3) is 0 Å². The number of rotatable bonds is 6. The number of likely N-dealkylation sites (tertiary alicyclic amines) is 1. The zero-order valence-corrected chi connectivity index (χ0v) is 15.7. The first-order chi connectivity index (χ1) is 12.6. The van der Waals surface area contributed by atoms with Crippen LogP contribution in [0.15, 0.2) is 42.5 Å². The Bertz CT molecular complexity index is 732. The maximum Gasteiger partial charge on any atom is 0.150 e. The van der Waals surface area contributed by atoms with Gasteiger partial charge in [-0.3, -0.25) is 4.79 Å². The molecule has 0 aliphatic carbocycles. The molecule has 0 radical (unpaired) electrons. The van der Waals surface area contributed by atoms with Gasteiger partial charge < -0.3 is 4.90 Å². The van der Waals surface area contributed by atoms with E-state index in [0.717, 1.165) is 56.3 Å². The molecule has 2 nitrogen and oxygen atoms in total. The second-order valence-corrected chi connectivity index (χ2v) is 7.54. The third kappa shape index (κ3) is 4.39. The summed E-state index contributed by atoms with van der Waals surface area (Å²) in [6.45, 7) is 7.49. The number of hydrogen-bond donors (Lipinski definition) is 0. The number of nitrogens with zero attached hydrogens (tertiary/aromatic N) is 1. The summed E-state index contributed by atoms with van der Waals surface area (Å²) in [5.41, 5.74) is 4.34. The standard InChI is InChI=1S/C23H28FNO/c1-17-4-3-5-22(23(17)16-26)18(2)20-11-14-25(15-12-20)13-10-19-6-8-21(24)9-7-19/h3-9,16,18,20H,10-15H2,1-2H3. The van der Waals surface area contributed by atoms with Crippen molar-refractivity contribution in [2.24, 2.45) is 5.92 Å². The lowest BCUT2D eigenvalue weighted by atomic mass is 9.79. The summed E-state index contributed by atoms with van der Waals surface area (Å²) in [6, 6.07) is 13.0. The Morgan fingerprint density at radius 1 is 1.15 bits per heavy atom. The van der Waals surface area contributed by atoms with Gasteiger partial charge in [0.05, 0.1) is 0 Å². The summed E-state index contributed by atoms with van der Waals surface area (Å²) < 4.78 is 13.0. The van der Waals surface area contributed by atoms with Crippen molar-refractivity contribution in [2.45, 2.75) is 39.0 Å². The van der Waals surface area contributed by atoms with Crippen LogP contribution in [0.1, 0.15) is 52.7 Å². The molecule has 2 aromatic rings. The quantitative estimate of drug-likeness (QED) is 0.681. The zero-order chi connectivity index (χ0) is 18.5. The van der Waals surface area contributed by atoms with E-state index in [-0.39, 0.29) is 5.82 Å². The molecule has 1 saturated heterocycles. The highest BCUT2D eigenvalue weighted by molar-refractivity contribution is 5.80. The molecule has 2 aromatic carbocycles. The van der Waals surface area contributed by atoms with Gasteiger partial charge in [0, 0.05) is 12.1 Å². The van der Waals surface area contributed by atoms with Crippen LogP contribution in [0.2, 0.25) is 0 Å². The monoisotopic (exact) mass is 353 g/mol. The Morgan fingerprint density at radius 3 is 2.50 bits per heavy atom. The zero-order valence-electron chi connectivity index (χ0n) is 15.7. The number of benzene rings is 2. The van der Waals surface area contributed by atoms with E-state index in [1.165, 1.54) is 23.3 Å². The van der Waals surface area contributed by atoms with Crippen LogP contribution in [0.3, 0.4) is 0 Å². The highest BCUT2D eigenvalue weighted by atomic mass is 19.1. The van der Waals surface area contributed by atoms with E-state index in [0.29, 0.717) is 11.8 Å². The van der Waals surface area contributed by atoms with Crippen molar-refractivity contribution >= 4 is 6.29 Å². The fourth-order valence-corrected chi connectivity index (χ4v) is 4.13. The van der Waals surface area contributed by atoms with Gasteiger partial charge in [0.2, 0.25) is 0 Å². The van der Waals surface area contributed by atoms with Gasteiger partial charge in [0.1, 0.15) is 5.82 Å². The number of aryl methyl sites for hydroxylation is 1. The lowest BCUT2D eigenvalue weighted by Crippen LogP contribution is -2.36. The van der Waals surface area contributed by atoms with Crippen LogP contribution in [-0.2, 0) is 6.42 Å². The molecule has 3 rings (SSSR count). The smallest absolute Gasteiger partial charge is 0.150 e. The molecular weight excluding hydrogens is 325 g/mol. The van der Waals surface area contributed by atoms with Gasteiger partial charge in [-0.25, -0.2) is 4.39 Å². The third-order valence-electron chi connectivity index (χ3n) is 5.94. The third-order valence-corrected chi connectivity index (χ3v) is 5.94. The second-order valence-electron chi connectivity index (χ2n) is 7.54. The highest BCUT2D eigenvalue weighted by Gasteiger charge is 2.26. The van der Waals surface area contributed by atoms with Crippen LogP contribution < -0.4 is 0 Å². The predicted molar refractivity (Wildman–Crippen MR) is 104 cm³/mol. The number of carbonyl (C=O) groups excluding carboxylic acids is 1. The van der Waals surface area contributed by atoms with Crippen molar-refractivity contribution in [2.75, 3.05) is 19.6 Å². The molecule has 138 valence electrons. The van der Waals surface area contributed by atoms with Crippen LogP contribution in [0.4, 0.5) is 4.39 Å². The van der Waals surface area contributed by atoms with Gasteiger partial charge in [-0.1, -0.05) is 37.3 Å². The molecule has 0 N–H and O–H groups in total. The molecule has 0 aromatic heterocycles. The Kier molecular flexibility index (Phi) is 6.20. The molecular formula is C23H28FNO. The Hall–Kier alpha value is -2.00. The van der Waals surface area contributed by atoms with Crippen molar-refractivity contribution in [3.63, 3.8) is 0 Å². The normalized spacial score (nSPS) is 17.2. The molecule has 1 aliphatic heterocycles. The fourth-order valence-electron chi connectivity index (χ4n) is 4.13. The van der Waals surface area contributed by atoms with Crippen molar-refractivity contribution < 1.29 is 9.18 Å². The van der Waals surface area contributed by atoms with E-state index in [1.807, 2.05) is 25.1 Å². The lowest BCUT2D eigenvalue weighted by Gasteiger charge is -2.35. The number of halogens is 1. The minimum atomic E-state index is -0.172. The van der Waals surface area contributed by atoms with Gasteiger partial charge in [-0.15, -0.1) is 0 Å². The molecule has 26 heavy (non-hydrogen) atoms. The molecule has 0 bridgehead atoms. The van der Waals surface area contributed by atoms with Crippen molar-refractivity contribution in [3.8, 4) is 0 Å². The van der Waals surface area contributed by atoms with E-state index in [9.17, 15) is 9.18 Å². The first-order valence-corrected chi connectivity index (χ1v) is 9.60.